The molecule has 14 nitrogen and oxygen atoms in total. The smallest absolute Gasteiger partial charge is 0.408 e. The van der Waals surface area contributed by atoms with E-state index in [0.29, 0.717) is 37.0 Å². The Bertz CT molecular complexity index is 1880. The van der Waals surface area contributed by atoms with Crippen molar-refractivity contribution < 1.29 is 50.7 Å². The highest BCUT2D eigenvalue weighted by molar-refractivity contribution is 7.91. The zero-order chi connectivity index (χ0) is 39.0. The number of benzene rings is 1. The van der Waals surface area contributed by atoms with E-state index in [1.807, 2.05) is 34.4 Å². The molecule has 294 valence electrons. The Balaban J connectivity index is 1.25. The number of hydrogen-bond donors (Lipinski definition) is 3. The number of amides is 4. The number of methoxy groups -OCH3 is 1. The molecule has 54 heavy (non-hydrogen) atoms. The number of hydrogen-bond acceptors (Lipinski definition) is 11. The van der Waals surface area contributed by atoms with Crippen molar-refractivity contribution in [2.45, 2.75) is 107 Å². The van der Waals surface area contributed by atoms with E-state index in [-0.39, 0.29) is 19.1 Å². The fourth-order valence-corrected chi connectivity index (χ4v) is 8.75. The van der Waals surface area contributed by atoms with Crippen LogP contribution in [-0.2, 0) is 34.0 Å². The summed E-state index contributed by atoms with van der Waals surface area (Å²) >= 11 is 1.53. The van der Waals surface area contributed by atoms with Gasteiger partial charge in [-0.25, -0.2) is 22.0 Å². The largest absolute Gasteiger partial charge is 0.497 e. The molecule has 5 atom stereocenters. The molecule has 18 heteroatoms. The van der Waals surface area contributed by atoms with E-state index < -0.39 is 87.0 Å². The van der Waals surface area contributed by atoms with Gasteiger partial charge in [-0.1, -0.05) is 32.0 Å². The number of oxime groups is 1. The summed E-state index contributed by atoms with van der Waals surface area (Å²) < 4.78 is 66.0. The number of likely N-dealkylation sites (tertiary alicyclic amines) is 1. The number of rotatable bonds is 14. The average Bonchev–Trinajstić information content (AvgIpc) is 3.97. The summed E-state index contributed by atoms with van der Waals surface area (Å²) in [7, 11) is -2.59. The highest BCUT2D eigenvalue weighted by atomic mass is 32.2. The second kappa shape index (κ2) is 15.4. The van der Waals surface area contributed by atoms with Gasteiger partial charge >= 0.3 is 6.09 Å². The van der Waals surface area contributed by atoms with E-state index in [0.717, 1.165) is 16.9 Å². The fourth-order valence-electron chi connectivity index (χ4n) is 6.62. The fraction of sp³-hybridized carbons (Fsp3) is 0.583. The number of nitrogens with zero attached hydrogens (tertiary/aromatic N) is 2. The lowest BCUT2D eigenvalue weighted by Crippen LogP contribution is -2.60. The van der Waals surface area contributed by atoms with Crippen molar-refractivity contribution in [3.05, 3.63) is 41.3 Å². The van der Waals surface area contributed by atoms with Crippen LogP contribution in [0, 0.1) is 11.3 Å². The van der Waals surface area contributed by atoms with Crippen LogP contribution in [0.4, 0.5) is 13.6 Å². The Morgan fingerprint density at radius 2 is 1.83 bits per heavy atom. The number of carbonyl (C=O) groups excluding carboxylic acids is 4. The lowest BCUT2D eigenvalue weighted by Gasteiger charge is -2.36. The van der Waals surface area contributed by atoms with Gasteiger partial charge in [-0.05, 0) is 73.6 Å². The van der Waals surface area contributed by atoms with E-state index in [1.54, 1.807) is 26.8 Å². The van der Waals surface area contributed by atoms with Crippen LogP contribution >= 0.6 is 11.3 Å². The summed E-state index contributed by atoms with van der Waals surface area (Å²) in [6, 6.07) is 6.76. The van der Waals surface area contributed by atoms with Crippen molar-refractivity contribution in [2.75, 3.05) is 13.7 Å². The van der Waals surface area contributed by atoms with Crippen molar-refractivity contribution >= 4 is 51.4 Å². The first-order valence-corrected chi connectivity index (χ1v) is 20.3. The molecule has 1 aromatic carbocycles. The van der Waals surface area contributed by atoms with E-state index in [9.17, 15) is 36.4 Å². The van der Waals surface area contributed by atoms with E-state index in [2.05, 4.69) is 15.8 Å². The minimum absolute atomic E-state index is 0.161. The highest BCUT2D eigenvalue weighted by Crippen LogP contribution is 2.48. The molecule has 4 fully saturated rings. The SMILES string of the molecule is COc1ccc(-c2cccs2)c(/C=N/O[C@@H]2C[C@@H](C(=O)N[C@@]3(C(=O)NS(=O)(=O)C4CC4)C[C@H]3C(F)F)N(C(=O)[C@@H](NC(=O)OC3CCC3)C(C)(C)C)C2)c1. The summed E-state index contributed by atoms with van der Waals surface area (Å²) in [6.07, 6.45) is -1.19. The zero-order valence-corrected chi connectivity index (χ0v) is 32.0. The van der Waals surface area contributed by atoms with Crippen molar-refractivity contribution in [2.24, 2.45) is 16.5 Å². The van der Waals surface area contributed by atoms with Crippen molar-refractivity contribution in [1.29, 1.82) is 0 Å². The molecule has 1 aromatic heterocycles. The van der Waals surface area contributed by atoms with Crippen LogP contribution in [0.25, 0.3) is 10.4 Å². The maximum absolute atomic E-state index is 14.3. The molecule has 6 rings (SSSR count). The molecule has 3 saturated carbocycles. The third kappa shape index (κ3) is 8.64. The summed E-state index contributed by atoms with van der Waals surface area (Å²) in [6.45, 7) is 4.97. The molecule has 4 amide bonds. The van der Waals surface area contributed by atoms with E-state index in [1.165, 1.54) is 29.6 Å². The quantitative estimate of drug-likeness (QED) is 0.187. The molecule has 4 aliphatic rings. The summed E-state index contributed by atoms with van der Waals surface area (Å²) in [5, 5.41) is 10.4. The Labute approximate surface area is 316 Å². The monoisotopic (exact) mass is 793 g/mol. The minimum atomic E-state index is -4.12. The number of sulfonamides is 1. The van der Waals surface area contributed by atoms with Gasteiger partial charge in [0.2, 0.25) is 28.3 Å². The molecule has 0 spiro atoms. The molecule has 0 radical (unpaired) electrons. The van der Waals surface area contributed by atoms with E-state index in [4.69, 9.17) is 14.3 Å². The second-order valence-electron chi connectivity index (χ2n) is 15.3. The molecule has 3 N–H and O–H groups in total. The normalized spacial score (nSPS) is 24.8. The molecule has 1 aliphatic heterocycles. The van der Waals surface area contributed by atoms with Crippen LogP contribution in [0.2, 0.25) is 0 Å². The predicted molar refractivity (Wildman–Crippen MR) is 194 cm³/mol. The number of nitrogens with one attached hydrogen (secondary N) is 3. The van der Waals surface area contributed by atoms with Gasteiger partial charge in [0.25, 0.3) is 5.91 Å². The molecule has 0 bridgehead atoms. The number of ether oxygens (including phenoxy) is 2. The lowest BCUT2D eigenvalue weighted by atomic mass is 9.85. The molecule has 1 saturated heterocycles. The average molecular weight is 794 g/mol. The molecule has 3 aliphatic carbocycles. The number of alkyl carbamates (subject to hydrolysis) is 1. The van der Waals surface area contributed by atoms with Crippen molar-refractivity contribution in [3.63, 3.8) is 0 Å². The van der Waals surface area contributed by atoms with Gasteiger partial charge < -0.3 is 29.8 Å². The van der Waals surface area contributed by atoms with Crippen molar-refractivity contribution in [3.8, 4) is 16.2 Å². The molecule has 2 heterocycles. The maximum Gasteiger partial charge on any atom is 0.408 e. The van der Waals surface area contributed by atoms with Crippen LogP contribution in [0.3, 0.4) is 0 Å². The van der Waals surface area contributed by atoms with Gasteiger partial charge in [-0.15, -0.1) is 11.3 Å². The van der Waals surface area contributed by atoms with Gasteiger partial charge in [-0.2, -0.15) is 0 Å². The topological polar surface area (TPSA) is 182 Å². The summed E-state index contributed by atoms with van der Waals surface area (Å²) in [4.78, 5) is 62.6. The van der Waals surface area contributed by atoms with Gasteiger partial charge in [-0.3, -0.25) is 19.1 Å². The number of alkyl halides is 2. The van der Waals surface area contributed by atoms with Crippen LogP contribution in [0.1, 0.15) is 71.3 Å². The van der Waals surface area contributed by atoms with Crippen LogP contribution in [-0.4, -0.2) is 98.5 Å². The van der Waals surface area contributed by atoms with Crippen LogP contribution < -0.4 is 20.1 Å². The third-order valence-electron chi connectivity index (χ3n) is 10.3. The number of carbonyl (C=O) groups is 4. The van der Waals surface area contributed by atoms with E-state index >= 15 is 0 Å². The Morgan fingerprint density at radius 3 is 2.41 bits per heavy atom. The van der Waals surface area contributed by atoms with Gasteiger partial charge in [0.1, 0.15) is 35.6 Å². The Morgan fingerprint density at radius 1 is 1.09 bits per heavy atom. The first-order valence-electron chi connectivity index (χ1n) is 17.9. The number of thiophene rings is 1. The lowest BCUT2D eigenvalue weighted by molar-refractivity contribution is -0.143. The van der Waals surface area contributed by atoms with Crippen molar-refractivity contribution in [1.82, 2.24) is 20.3 Å². The molecule has 2 aromatic rings. The Hall–Kier alpha value is -4.32. The predicted octanol–water partition coefficient (Wildman–Crippen LogP) is 4.19. The van der Waals surface area contributed by atoms with Gasteiger partial charge in [0.15, 0.2) is 0 Å². The number of halogens is 2. The highest BCUT2D eigenvalue weighted by Gasteiger charge is 2.67. The third-order valence-corrected chi connectivity index (χ3v) is 13.0. The van der Waals surface area contributed by atoms with Gasteiger partial charge in [0, 0.05) is 22.4 Å². The molecular formula is C36H45F2N5O9S2. The summed E-state index contributed by atoms with van der Waals surface area (Å²) in [5.74, 6) is -3.96. The summed E-state index contributed by atoms with van der Waals surface area (Å²) in [5.41, 5.74) is -1.57. The standard InChI is InChI=1S/C36H45F2N5O9S2/c1-35(2,3)29(40-34(47)51-21-7-5-8-21)32(45)43-19-23(52-39-18-20-15-22(50-4)10-13-25(20)28-9-6-14-53-28)16-27(43)31(44)41-36(17-26(36)30(37)38)33(46)42-54(48,49)24-11-12-24/h6,9-10,13-15,18,21,23-24,26-27,29-30H,5,7-8,11-12,16-17,19H2,1-4H3,(H,40,47)(H,41,44)(H,42,46)/b39-18+/t23-,26+,27+,29-,36+/m1/s1. The molecule has 0 unspecified atom stereocenters. The molecular weight excluding hydrogens is 749 g/mol. The maximum atomic E-state index is 14.3. The second-order valence-corrected chi connectivity index (χ2v) is 18.2. The zero-order valence-electron chi connectivity index (χ0n) is 30.4. The Kier molecular flexibility index (Phi) is 11.3. The van der Waals surface area contributed by atoms with Crippen LogP contribution in [0.15, 0.2) is 40.9 Å². The van der Waals surface area contributed by atoms with Crippen LogP contribution in [0.5, 0.6) is 5.75 Å². The first kappa shape index (κ1) is 39.4. The first-order chi connectivity index (χ1) is 25.5. The van der Waals surface area contributed by atoms with Gasteiger partial charge in [0.05, 0.1) is 31.0 Å². The minimum Gasteiger partial charge on any atom is -0.497 e.